The van der Waals surface area contributed by atoms with Gasteiger partial charge in [-0.1, -0.05) is 25.1 Å². The van der Waals surface area contributed by atoms with Crippen LogP contribution < -0.4 is 0 Å². The zero-order valence-electron chi connectivity index (χ0n) is 9.95. The summed E-state index contributed by atoms with van der Waals surface area (Å²) in [5.74, 6) is 0.117. The number of esters is 1. The molecule has 0 radical (unpaired) electrons. The summed E-state index contributed by atoms with van der Waals surface area (Å²) in [4.78, 5) is 11.2. The maximum atomic E-state index is 11.2. The first-order valence-corrected chi connectivity index (χ1v) is 5.89. The van der Waals surface area contributed by atoms with Crippen molar-refractivity contribution in [1.29, 1.82) is 0 Å². The Morgan fingerprint density at radius 1 is 1.38 bits per heavy atom. The third-order valence-corrected chi connectivity index (χ3v) is 3.39. The van der Waals surface area contributed by atoms with Crippen LogP contribution in [0.25, 0.3) is 0 Å². The lowest BCUT2D eigenvalue weighted by atomic mass is 9.95. The van der Waals surface area contributed by atoms with Gasteiger partial charge < -0.3 is 4.74 Å². The minimum Gasteiger partial charge on any atom is -0.469 e. The maximum absolute atomic E-state index is 11.2. The fourth-order valence-electron chi connectivity index (χ4n) is 2.35. The third kappa shape index (κ3) is 2.26. The Labute approximate surface area is 96.6 Å². The number of carbonyl (C=O) groups is 1. The average molecular weight is 218 g/mol. The molecule has 0 saturated heterocycles. The van der Waals surface area contributed by atoms with Gasteiger partial charge in [0.15, 0.2) is 0 Å². The summed E-state index contributed by atoms with van der Waals surface area (Å²) in [5, 5.41) is 0. The number of fused-ring (bicyclic) bond motifs is 1. The summed E-state index contributed by atoms with van der Waals surface area (Å²) in [5.41, 5.74) is 4.20. The lowest BCUT2D eigenvalue weighted by molar-refractivity contribution is -0.140. The van der Waals surface area contributed by atoms with E-state index in [1.807, 2.05) is 0 Å². The predicted octanol–water partition coefficient (Wildman–Crippen LogP) is 2.84. The number of carbonyl (C=O) groups excluding carboxylic acids is 1. The molecule has 0 N–H and O–H groups in total. The van der Waals surface area contributed by atoms with Crippen LogP contribution in [0.2, 0.25) is 0 Å². The maximum Gasteiger partial charge on any atom is 0.306 e. The summed E-state index contributed by atoms with van der Waals surface area (Å²) < 4.78 is 4.70. The molecule has 0 aromatic heterocycles. The first-order valence-electron chi connectivity index (χ1n) is 5.89. The van der Waals surface area contributed by atoms with Gasteiger partial charge in [0.05, 0.1) is 13.5 Å². The summed E-state index contributed by atoms with van der Waals surface area (Å²) in [6.45, 7) is 2.08. The predicted molar refractivity (Wildman–Crippen MR) is 63.5 cm³/mol. The zero-order chi connectivity index (χ0) is 11.5. The van der Waals surface area contributed by atoms with Crippen molar-refractivity contribution in [2.75, 3.05) is 7.11 Å². The SMILES string of the molecule is COC(=O)CC(C)c1ccc2c(c1)CCC2. The number of hydrogen-bond donors (Lipinski definition) is 0. The standard InChI is InChI=1S/C14H18O2/c1-10(8-14(15)16-2)12-7-6-11-4-3-5-13(11)9-12/h6-7,9-10H,3-5,8H2,1-2H3. The Balaban J connectivity index is 2.12. The molecule has 16 heavy (non-hydrogen) atoms. The molecule has 0 spiro atoms. The van der Waals surface area contributed by atoms with Gasteiger partial charge >= 0.3 is 5.97 Å². The molecule has 0 heterocycles. The first kappa shape index (κ1) is 11.2. The summed E-state index contributed by atoms with van der Waals surface area (Å²) in [7, 11) is 1.44. The van der Waals surface area contributed by atoms with Crippen LogP contribution in [-0.2, 0) is 22.4 Å². The zero-order valence-corrected chi connectivity index (χ0v) is 9.95. The third-order valence-electron chi connectivity index (χ3n) is 3.39. The number of hydrogen-bond acceptors (Lipinski definition) is 2. The van der Waals surface area contributed by atoms with E-state index >= 15 is 0 Å². The molecule has 2 heteroatoms. The van der Waals surface area contributed by atoms with E-state index in [0.29, 0.717) is 6.42 Å². The molecule has 0 aliphatic heterocycles. The topological polar surface area (TPSA) is 26.3 Å². The molecule has 1 aromatic carbocycles. The molecule has 0 fully saturated rings. The van der Waals surface area contributed by atoms with E-state index in [1.165, 1.54) is 43.1 Å². The molecule has 2 nitrogen and oxygen atoms in total. The van der Waals surface area contributed by atoms with Crippen molar-refractivity contribution < 1.29 is 9.53 Å². The van der Waals surface area contributed by atoms with Crippen LogP contribution in [0.5, 0.6) is 0 Å². The highest BCUT2D eigenvalue weighted by Crippen LogP contribution is 2.27. The molecule has 2 rings (SSSR count). The van der Waals surface area contributed by atoms with Gasteiger partial charge in [0.2, 0.25) is 0 Å². The molecule has 0 bridgehead atoms. The largest absolute Gasteiger partial charge is 0.469 e. The molecule has 1 atom stereocenters. The van der Waals surface area contributed by atoms with E-state index in [2.05, 4.69) is 25.1 Å². The highest BCUT2D eigenvalue weighted by molar-refractivity contribution is 5.70. The number of benzene rings is 1. The highest BCUT2D eigenvalue weighted by atomic mass is 16.5. The van der Waals surface area contributed by atoms with Crippen LogP contribution in [0.15, 0.2) is 18.2 Å². The lowest BCUT2D eigenvalue weighted by Crippen LogP contribution is -2.06. The number of ether oxygens (including phenoxy) is 1. The smallest absolute Gasteiger partial charge is 0.306 e. The van der Waals surface area contributed by atoms with Crippen LogP contribution in [0.1, 0.15) is 42.4 Å². The number of rotatable bonds is 3. The van der Waals surface area contributed by atoms with E-state index in [0.717, 1.165) is 0 Å². The van der Waals surface area contributed by atoms with Gasteiger partial charge in [-0.2, -0.15) is 0 Å². The number of aryl methyl sites for hydroxylation is 2. The second-order valence-corrected chi connectivity index (χ2v) is 4.56. The van der Waals surface area contributed by atoms with Crippen LogP contribution in [0, 0.1) is 0 Å². The normalized spacial score (nSPS) is 15.6. The molecular formula is C14H18O2. The van der Waals surface area contributed by atoms with Crippen LogP contribution in [0.3, 0.4) is 0 Å². The summed E-state index contributed by atoms with van der Waals surface area (Å²) in [6.07, 6.45) is 4.13. The molecule has 1 aliphatic rings. The molecule has 0 saturated carbocycles. The highest BCUT2D eigenvalue weighted by Gasteiger charge is 2.15. The molecular weight excluding hydrogens is 200 g/mol. The Morgan fingerprint density at radius 3 is 2.88 bits per heavy atom. The molecule has 1 aliphatic carbocycles. The van der Waals surface area contributed by atoms with Crippen molar-refractivity contribution in [3.05, 3.63) is 34.9 Å². The van der Waals surface area contributed by atoms with Gasteiger partial charge in [-0.05, 0) is 41.9 Å². The molecule has 0 amide bonds. The Bertz CT molecular complexity index is 396. The van der Waals surface area contributed by atoms with Crippen molar-refractivity contribution in [3.63, 3.8) is 0 Å². The molecule has 1 aromatic rings. The van der Waals surface area contributed by atoms with Gasteiger partial charge in [-0.25, -0.2) is 0 Å². The van der Waals surface area contributed by atoms with Crippen LogP contribution in [0.4, 0.5) is 0 Å². The van der Waals surface area contributed by atoms with Gasteiger partial charge in [0.25, 0.3) is 0 Å². The fraction of sp³-hybridized carbons (Fsp3) is 0.500. The second kappa shape index (κ2) is 4.69. The van der Waals surface area contributed by atoms with Gasteiger partial charge in [0.1, 0.15) is 0 Å². The van der Waals surface area contributed by atoms with E-state index in [9.17, 15) is 4.79 Å². The quantitative estimate of drug-likeness (QED) is 0.729. The fourth-order valence-corrected chi connectivity index (χ4v) is 2.35. The van der Waals surface area contributed by atoms with Crippen LogP contribution in [-0.4, -0.2) is 13.1 Å². The van der Waals surface area contributed by atoms with Crippen molar-refractivity contribution in [3.8, 4) is 0 Å². The summed E-state index contributed by atoms with van der Waals surface area (Å²) >= 11 is 0. The second-order valence-electron chi connectivity index (χ2n) is 4.56. The minimum atomic E-state index is -0.131. The average Bonchev–Trinajstić information content (AvgIpc) is 2.75. The number of methoxy groups -OCH3 is 1. The lowest BCUT2D eigenvalue weighted by Gasteiger charge is -2.12. The van der Waals surface area contributed by atoms with E-state index < -0.39 is 0 Å². The first-order chi connectivity index (χ1) is 7.70. The molecule has 86 valence electrons. The van der Waals surface area contributed by atoms with Crippen molar-refractivity contribution >= 4 is 5.97 Å². The Hall–Kier alpha value is -1.31. The van der Waals surface area contributed by atoms with E-state index in [-0.39, 0.29) is 11.9 Å². The van der Waals surface area contributed by atoms with Gasteiger partial charge in [-0.15, -0.1) is 0 Å². The van der Waals surface area contributed by atoms with Gasteiger partial charge in [-0.3, -0.25) is 4.79 Å². The summed E-state index contributed by atoms with van der Waals surface area (Å²) in [6, 6.07) is 6.62. The van der Waals surface area contributed by atoms with E-state index in [4.69, 9.17) is 4.74 Å². The molecule has 1 unspecified atom stereocenters. The van der Waals surface area contributed by atoms with Gasteiger partial charge in [0, 0.05) is 0 Å². The monoisotopic (exact) mass is 218 g/mol. The Kier molecular flexibility index (Phi) is 3.28. The Morgan fingerprint density at radius 2 is 2.12 bits per heavy atom. The minimum absolute atomic E-state index is 0.131. The van der Waals surface area contributed by atoms with Crippen molar-refractivity contribution in [2.24, 2.45) is 0 Å². The van der Waals surface area contributed by atoms with Crippen LogP contribution >= 0.6 is 0 Å². The van der Waals surface area contributed by atoms with E-state index in [1.54, 1.807) is 0 Å². The van der Waals surface area contributed by atoms with Crippen molar-refractivity contribution in [1.82, 2.24) is 0 Å². The van der Waals surface area contributed by atoms with Crippen molar-refractivity contribution in [2.45, 2.75) is 38.5 Å².